The Morgan fingerprint density at radius 3 is 1.13 bits per heavy atom. The van der Waals surface area contributed by atoms with Crippen LogP contribution in [-0.2, 0) is 21.1 Å². The molecule has 6 aromatic rings. The van der Waals surface area contributed by atoms with Gasteiger partial charge >= 0.3 is 21.1 Å². The van der Waals surface area contributed by atoms with Crippen LogP contribution in [0.25, 0.3) is 34.2 Å². The third-order valence-electron chi connectivity index (χ3n) is 7.78. The molecule has 3 aliphatic rings. The normalized spacial score (nSPS) is 14.6. The molecule has 0 atom stereocenters. The zero-order chi connectivity index (χ0) is 30.5. The van der Waals surface area contributed by atoms with Crippen molar-refractivity contribution in [3.8, 4) is 11.4 Å². The van der Waals surface area contributed by atoms with Crippen LogP contribution in [-0.4, -0.2) is 30.8 Å². The van der Waals surface area contributed by atoms with Gasteiger partial charge in [0.25, 0.3) is 0 Å². The smallest absolute Gasteiger partial charge is 0.359 e. The quantitative estimate of drug-likeness (QED) is 0.185. The molecule has 0 amide bonds. The molecule has 2 aromatic heterocycles. The number of rotatable bonds is 4. The predicted octanol–water partition coefficient (Wildman–Crippen LogP) is 7.48. The second kappa shape index (κ2) is 11.7. The second-order valence-electron chi connectivity index (χ2n) is 10.8. The Morgan fingerprint density at radius 1 is 0.426 bits per heavy atom. The maximum absolute atomic E-state index is 5.06. The van der Waals surface area contributed by atoms with Crippen molar-refractivity contribution in [3.63, 3.8) is 0 Å². The van der Waals surface area contributed by atoms with Crippen LogP contribution in [0.4, 0.5) is 11.4 Å². The molecule has 0 saturated carbocycles. The number of hydrogen-bond donors (Lipinski definition) is 0. The summed E-state index contributed by atoms with van der Waals surface area (Å²) in [6.07, 6.45) is 7.79. The third-order valence-corrected chi connectivity index (χ3v) is 7.78. The van der Waals surface area contributed by atoms with Gasteiger partial charge in [0.2, 0.25) is 0 Å². The Labute approximate surface area is 285 Å². The molecule has 0 spiro atoms. The number of nitrogens with zero attached hydrogens (tertiary/aromatic N) is 10. The van der Waals surface area contributed by atoms with Gasteiger partial charge in [-0.05, 0) is 47.8 Å². The summed E-state index contributed by atoms with van der Waals surface area (Å²) in [6.45, 7) is 0. The van der Waals surface area contributed by atoms with Gasteiger partial charge in [0.05, 0.1) is 11.4 Å². The number of fused-ring (bicyclic) bond motifs is 10. The van der Waals surface area contributed by atoms with Crippen LogP contribution in [0.1, 0.15) is 23.0 Å². The van der Waals surface area contributed by atoms with Crippen LogP contribution in [0.5, 0.6) is 0 Å². The summed E-state index contributed by atoms with van der Waals surface area (Å²) >= 11 is 0. The summed E-state index contributed by atoms with van der Waals surface area (Å²) in [7, 11) is 0. The molecule has 8 bridgehead atoms. The number of imidazole rings is 2. The summed E-state index contributed by atoms with van der Waals surface area (Å²) in [5.74, 6) is 3.50. The van der Waals surface area contributed by atoms with E-state index in [4.69, 9.17) is 30.8 Å². The van der Waals surface area contributed by atoms with E-state index in [-0.39, 0.29) is 21.1 Å². The van der Waals surface area contributed by atoms with E-state index >= 15 is 0 Å². The van der Waals surface area contributed by atoms with Crippen LogP contribution in [0.2, 0.25) is 0 Å². The fraction of sp³-hybridized carbons (Fsp3) is 0. The molecule has 0 aliphatic carbocycles. The topological polar surface area (TPSA) is 95.0 Å². The van der Waals surface area contributed by atoms with Gasteiger partial charge in [0.1, 0.15) is 11.6 Å². The van der Waals surface area contributed by atoms with Crippen LogP contribution in [0, 0.1) is 0 Å². The van der Waals surface area contributed by atoms with Crippen molar-refractivity contribution in [1.29, 1.82) is 0 Å². The molecule has 228 valence electrons. The van der Waals surface area contributed by atoms with Crippen LogP contribution in [0.3, 0.4) is 0 Å². The zero-order valence-corrected chi connectivity index (χ0v) is 26.9. The first-order valence-corrected chi connectivity index (χ1v) is 14.8. The molecule has 3 aliphatic heterocycles. The Morgan fingerprint density at radius 2 is 0.766 bits per heavy atom. The zero-order valence-electron chi connectivity index (χ0n) is 24.6. The molecular formula is C36H24N10Pt. The van der Waals surface area contributed by atoms with E-state index < -0.39 is 0 Å². The number of hydrazone groups is 2. The fourth-order valence-corrected chi connectivity index (χ4v) is 5.60. The summed E-state index contributed by atoms with van der Waals surface area (Å²) < 4.78 is 4.04. The van der Waals surface area contributed by atoms with Gasteiger partial charge in [-0.2, -0.15) is 0 Å². The summed E-state index contributed by atoms with van der Waals surface area (Å²) in [5.41, 5.74) is 4.88. The van der Waals surface area contributed by atoms with E-state index in [0.29, 0.717) is 46.3 Å². The molecule has 0 N–H and O–H groups in total. The van der Waals surface area contributed by atoms with Crippen LogP contribution < -0.4 is 10.0 Å². The van der Waals surface area contributed by atoms with E-state index in [2.05, 4.69) is 0 Å². The van der Waals surface area contributed by atoms with Crippen molar-refractivity contribution >= 4 is 35.2 Å². The number of amidine groups is 2. The molecule has 47 heavy (non-hydrogen) atoms. The maximum atomic E-state index is 5.06. The molecular weight excluding hydrogens is 768 g/mol. The second-order valence-corrected chi connectivity index (χ2v) is 10.8. The van der Waals surface area contributed by atoms with E-state index in [0.717, 1.165) is 22.7 Å². The van der Waals surface area contributed by atoms with Crippen molar-refractivity contribution in [2.75, 3.05) is 10.0 Å². The summed E-state index contributed by atoms with van der Waals surface area (Å²) in [5, 5.41) is 23.6. The van der Waals surface area contributed by atoms with Crippen molar-refractivity contribution in [1.82, 2.24) is 19.1 Å². The maximum Gasteiger partial charge on any atom is 2.00 e. The average Bonchev–Trinajstić information content (AvgIpc) is 3.92. The monoisotopic (exact) mass is 791 g/mol. The largest absolute Gasteiger partial charge is 2.00 e. The molecule has 11 heteroatoms. The number of aromatic nitrogens is 4. The first kappa shape index (κ1) is 28.5. The molecule has 4 aromatic carbocycles. The van der Waals surface area contributed by atoms with Crippen molar-refractivity contribution in [3.05, 3.63) is 179 Å². The number of anilines is 2. The van der Waals surface area contributed by atoms with E-state index in [1.165, 1.54) is 0 Å². The van der Waals surface area contributed by atoms with Crippen molar-refractivity contribution in [2.24, 2.45) is 10.2 Å². The molecule has 9 rings (SSSR count). The van der Waals surface area contributed by atoms with Crippen LogP contribution in [0.15, 0.2) is 156 Å². The van der Waals surface area contributed by atoms with Gasteiger partial charge in [0.15, 0.2) is 0 Å². The minimum Gasteiger partial charge on any atom is -0.359 e. The van der Waals surface area contributed by atoms with Crippen molar-refractivity contribution in [2.45, 2.75) is 0 Å². The van der Waals surface area contributed by atoms with Gasteiger partial charge < -0.3 is 30.9 Å². The number of benzene rings is 4. The fourth-order valence-electron chi connectivity index (χ4n) is 5.60. The van der Waals surface area contributed by atoms with Crippen LogP contribution >= 0.6 is 0 Å². The molecule has 0 radical (unpaired) electrons. The Kier molecular flexibility index (Phi) is 7.11. The minimum atomic E-state index is 0. The molecule has 0 unspecified atom stereocenters. The minimum absolute atomic E-state index is 0. The van der Waals surface area contributed by atoms with Crippen molar-refractivity contribution < 1.29 is 21.1 Å². The Bertz CT molecular complexity index is 2040. The first-order chi connectivity index (χ1) is 22.8. The molecule has 0 fully saturated rings. The SMILES string of the molecule is C1=C2[N-]C(=NN2c2ccccc2)c2cn(-c3ccccc3)c(n2)C=C2[N-]C(=NN2c2ccccc2)c2cn(-c3ccccc3)c1n2.[Pt+2]. The Balaban J connectivity index is 0.00000324. The summed E-state index contributed by atoms with van der Waals surface area (Å²) in [6, 6.07) is 40.0. The van der Waals surface area contributed by atoms with Gasteiger partial charge in [-0.25, -0.2) is 9.97 Å². The van der Waals surface area contributed by atoms with Gasteiger partial charge in [-0.15, -0.1) is 0 Å². The van der Waals surface area contributed by atoms with E-state index in [1.54, 1.807) is 0 Å². The molecule has 10 nitrogen and oxygen atoms in total. The standard InChI is InChI=1S/C36H24N10.Pt/c1-5-13-25(14-6-1)43-23-29-35-40-34(46(41-35)28-19-11-4-12-20-28)22-32-38-30(24-44(32)26-15-7-2-8-16-26)36-39-33(21-31(43)37-29)45(42-36)27-17-9-3-10-18-27;/h1-24H;/q-2;+2. The van der Waals surface area contributed by atoms with Gasteiger partial charge in [0, 0.05) is 47.1 Å². The predicted molar refractivity (Wildman–Crippen MR) is 181 cm³/mol. The first-order valence-electron chi connectivity index (χ1n) is 14.8. The van der Waals surface area contributed by atoms with Gasteiger partial charge in [-0.1, -0.05) is 97.1 Å². The third kappa shape index (κ3) is 5.14. The van der Waals surface area contributed by atoms with E-state index in [9.17, 15) is 0 Å². The number of para-hydroxylation sites is 4. The molecule has 0 saturated heterocycles. The average molecular weight is 792 g/mol. The van der Waals surface area contributed by atoms with E-state index in [1.807, 2.05) is 165 Å². The molecule has 5 heterocycles. The summed E-state index contributed by atoms with van der Waals surface area (Å²) in [4.78, 5) is 10.1. The Hall–Kier alpha value is -5.99. The number of hydrogen-bond acceptors (Lipinski definition) is 6. The van der Waals surface area contributed by atoms with Gasteiger partial charge in [-0.3, -0.25) is 9.13 Å².